The maximum atomic E-state index is 12.9. The lowest BCUT2D eigenvalue weighted by atomic mass is 10.1. The number of carbonyl (C=O) groups excluding carboxylic acids is 1. The first kappa shape index (κ1) is 23.4. The highest BCUT2D eigenvalue weighted by Gasteiger charge is 2.32. The fourth-order valence-electron chi connectivity index (χ4n) is 3.40. The second-order valence-electron chi connectivity index (χ2n) is 7.63. The fourth-order valence-corrected chi connectivity index (χ4v) is 6.12. The standard InChI is InChI=1S/C21H27N3O5S2/c1-16-9-10-20(15-17(16)2)31(28,29)24-13-11-23(12-14-24)21(25)18(3)22-30(26,27)19-7-5-4-6-8-19/h4-10,15,18,22H,11-14H2,1-3H3/t18-/m0/s1. The van der Waals surface area contributed by atoms with Crippen LogP contribution in [0.4, 0.5) is 0 Å². The van der Waals surface area contributed by atoms with Crippen molar-refractivity contribution >= 4 is 26.0 Å². The van der Waals surface area contributed by atoms with Crippen LogP contribution in [0.25, 0.3) is 0 Å². The van der Waals surface area contributed by atoms with Gasteiger partial charge in [0.15, 0.2) is 0 Å². The first-order valence-corrected chi connectivity index (χ1v) is 12.9. The molecule has 2 aromatic carbocycles. The molecule has 2 aromatic rings. The van der Waals surface area contributed by atoms with E-state index in [2.05, 4.69) is 4.72 Å². The molecule has 1 N–H and O–H groups in total. The van der Waals surface area contributed by atoms with E-state index in [1.165, 1.54) is 28.3 Å². The minimum Gasteiger partial charge on any atom is -0.339 e. The molecule has 168 valence electrons. The van der Waals surface area contributed by atoms with E-state index in [9.17, 15) is 21.6 Å². The number of aryl methyl sites for hydroxylation is 2. The molecule has 0 spiro atoms. The summed E-state index contributed by atoms with van der Waals surface area (Å²) in [6, 6.07) is 11.9. The van der Waals surface area contributed by atoms with Gasteiger partial charge in [-0.25, -0.2) is 16.8 Å². The summed E-state index contributed by atoms with van der Waals surface area (Å²) in [5.74, 6) is -0.386. The van der Waals surface area contributed by atoms with E-state index in [0.717, 1.165) is 11.1 Å². The van der Waals surface area contributed by atoms with Gasteiger partial charge in [-0.2, -0.15) is 9.03 Å². The van der Waals surface area contributed by atoms with Gasteiger partial charge >= 0.3 is 0 Å². The summed E-state index contributed by atoms with van der Waals surface area (Å²) in [7, 11) is -7.48. The topological polar surface area (TPSA) is 104 Å². The van der Waals surface area contributed by atoms with Crippen LogP contribution >= 0.6 is 0 Å². The van der Waals surface area contributed by atoms with E-state index < -0.39 is 26.1 Å². The van der Waals surface area contributed by atoms with Gasteiger partial charge in [0.25, 0.3) is 0 Å². The van der Waals surface area contributed by atoms with Crippen molar-refractivity contribution in [3.8, 4) is 0 Å². The molecule has 0 saturated carbocycles. The molecule has 10 heteroatoms. The molecule has 1 fully saturated rings. The summed E-state index contributed by atoms with van der Waals surface area (Å²) in [5.41, 5.74) is 1.91. The maximum absolute atomic E-state index is 12.9. The highest BCUT2D eigenvalue weighted by atomic mass is 32.2. The summed E-state index contributed by atoms with van der Waals surface area (Å²) < 4.78 is 54.5. The van der Waals surface area contributed by atoms with Gasteiger partial charge in [0, 0.05) is 26.2 Å². The second kappa shape index (κ2) is 9.07. The van der Waals surface area contributed by atoms with Crippen molar-refractivity contribution in [3.63, 3.8) is 0 Å². The molecule has 3 rings (SSSR count). The number of hydrogen-bond donors (Lipinski definition) is 1. The Morgan fingerprint density at radius 3 is 2.06 bits per heavy atom. The summed E-state index contributed by atoms with van der Waals surface area (Å²) in [6.07, 6.45) is 0. The smallest absolute Gasteiger partial charge is 0.243 e. The van der Waals surface area contributed by atoms with Crippen LogP contribution < -0.4 is 4.72 Å². The van der Waals surface area contributed by atoms with Crippen LogP contribution in [0.1, 0.15) is 18.1 Å². The van der Waals surface area contributed by atoms with E-state index in [0.29, 0.717) is 0 Å². The van der Waals surface area contributed by atoms with Crippen LogP contribution in [0.15, 0.2) is 58.3 Å². The monoisotopic (exact) mass is 465 g/mol. The summed E-state index contributed by atoms with van der Waals surface area (Å²) in [4.78, 5) is 14.6. The van der Waals surface area contributed by atoms with Gasteiger partial charge in [-0.1, -0.05) is 24.3 Å². The van der Waals surface area contributed by atoms with E-state index in [-0.39, 0.29) is 41.9 Å². The Labute approximate surface area is 184 Å². The first-order chi connectivity index (χ1) is 14.5. The fraction of sp³-hybridized carbons (Fsp3) is 0.381. The Morgan fingerprint density at radius 2 is 1.48 bits per heavy atom. The molecular formula is C21H27N3O5S2. The average molecular weight is 466 g/mol. The Balaban J connectivity index is 1.63. The largest absolute Gasteiger partial charge is 0.339 e. The Morgan fingerprint density at radius 1 is 0.871 bits per heavy atom. The molecule has 31 heavy (non-hydrogen) atoms. The molecular weight excluding hydrogens is 438 g/mol. The van der Waals surface area contributed by atoms with Crippen molar-refractivity contribution in [1.29, 1.82) is 0 Å². The highest BCUT2D eigenvalue weighted by molar-refractivity contribution is 7.89. The molecule has 0 aromatic heterocycles. The third kappa shape index (κ3) is 5.15. The molecule has 1 aliphatic heterocycles. The summed E-state index contributed by atoms with van der Waals surface area (Å²) in [5, 5.41) is 0. The number of rotatable bonds is 6. The van der Waals surface area contributed by atoms with Gasteiger partial charge in [0.2, 0.25) is 26.0 Å². The van der Waals surface area contributed by atoms with E-state index in [4.69, 9.17) is 0 Å². The maximum Gasteiger partial charge on any atom is 0.243 e. The number of hydrogen-bond acceptors (Lipinski definition) is 5. The van der Waals surface area contributed by atoms with Crippen LogP contribution in [0.5, 0.6) is 0 Å². The van der Waals surface area contributed by atoms with Crippen LogP contribution in [-0.4, -0.2) is 64.2 Å². The minimum atomic E-state index is -3.82. The molecule has 0 aliphatic carbocycles. The molecule has 1 saturated heterocycles. The lowest BCUT2D eigenvalue weighted by Crippen LogP contribution is -2.55. The molecule has 1 atom stereocenters. The van der Waals surface area contributed by atoms with Crippen LogP contribution in [0, 0.1) is 13.8 Å². The number of sulfonamides is 2. The lowest BCUT2D eigenvalue weighted by Gasteiger charge is -2.35. The van der Waals surface area contributed by atoms with E-state index in [1.807, 2.05) is 13.8 Å². The van der Waals surface area contributed by atoms with Gasteiger partial charge in [-0.3, -0.25) is 4.79 Å². The Hall–Kier alpha value is -2.27. The zero-order valence-corrected chi connectivity index (χ0v) is 19.4. The van der Waals surface area contributed by atoms with E-state index >= 15 is 0 Å². The molecule has 1 amide bonds. The van der Waals surface area contributed by atoms with Crippen molar-refractivity contribution in [2.45, 2.75) is 36.6 Å². The molecule has 1 aliphatic rings. The Bertz CT molecular complexity index is 1160. The highest BCUT2D eigenvalue weighted by Crippen LogP contribution is 2.21. The molecule has 0 unspecified atom stereocenters. The van der Waals surface area contributed by atoms with Crippen molar-refractivity contribution in [3.05, 3.63) is 59.7 Å². The number of amides is 1. The quantitative estimate of drug-likeness (QED) is 0.696. The summed E-state index contributed by atoms with van der Waals surface area (Å²) in [6.45, 7) is 5.96. The molecule has 8 nitrogen and oxygen atoms in total. The first-order valence-electron chi connectivity index (χ1n) is 9.96. The molecule has 1 heterocycles. The third-order valence-corrected chi connectivity index (χ3v) is 8.87. The normalized spacial score (nSPS) is 16.8. The van der Waals surface area contributed by atoms with Gasteiger partial charge in [0.1, 0.15) is 0 Å². The number of carbonyl (C=O) groups is 1. The number of nitrogens with one attached hydrogen (secondary N) is 1. The minimum absolute atomic E-state index is 0.0824. The predicted molar refractivity (Wildman–Crippen MR) is 117 cm³/mol. The van der Waals surface area contributed by atoms with Gasteiger partial charge < -0.3 is 4.90 Å². The van der Waals surface area contributed by atoms with Crippen molar-refractivity contribution in [1.82, 2.24) is 13.9 Å². The molecule has 0 radical (unpaired) electrons. The zero-order chi connectivity index (χ0) is 22.8. The number of nitrogens with zero attached hydrogens (tertiary/aromatic N) is 2. The predicted octanol–water partition coefficient (Wildman–Crippen LogP) is 1.50. The Kier molecular flexibility index (Phi) is 6.85. The second-order valence-corrected chi connectivity index (χ2v) is 11.3. The number of benzene rings is 2. The third-order valence-electron chi connectivity index (χ3n) is 5.42. The molecule has 0 bridgehead atoms. The van der Waals surface area contributed by atoms with Crippen molar-refractivity contribution in [2.24, 2.45) is 0 Å². The zero-order valence-electron chi connectivity index (χ0n) is 17.8. The average Bonchev–Trinajstić information content (AvgIpc) is 2.75. The van der Waals surface area contributed by atoms with Gasteiger partial charge in [0.05, 0.1) is 15.8 Å². The van der Waals surface area contributed by atoms with Crippen LogP contribution in [-0.2, 0) is 24.8 Å². The van der Waals surface area contributed by atoms with Gasteiger partial charge in [-0.05, 0) is 56.2 Å². The van der Waals surface area contributed by atoms with Crippen molar-refractivity contribution < 1.29 is 21.6 Å². The van der Waals surface area contributed by atoms with Crippen LogP contribution in [0.3, 0.4) is 0 Å². The SMILES string of the molecule is Cc1ccc(S(=O)(=O)N2CCN(C(=O)[C@H](C)NS(=O)(=O)c3ccccc3)CC2)cc1C. The lowest BCUT2D eigenvalue weighted by molar-refractivity contribution is -0.133. The van der Waals surface area contributed by atoms with E-state index in [1.54, 1.807) is 36.4 Å². The number of piperazine rings is 1. The summed E-state index contributed by atoms with van der Waals surface area (Å²) >= 11 is 0. The van der Waals surface area contributed by atoms with Gasteiger partial charge in [-0.15, -0.1) is 0 Å². The van der Waals surface area contributed by atoms with Crippen molar-refractivity contribution in [2.75, 3.05) is 26.2 Å². The van der Waals surface area contributed by atoms with Crippen LogP contribution in [0.2, 0.25) is 0 Å².